The van der Waals surface area contributed by atoms with Crippen molar-refractivity contribution in [2.75, 3.05) is 18.8 Å². The number of aromatic nitrogens is 1. The van der Waals surface area contributed by atoms with Crippen LogP contribution < -0.4 is 5.32 Å². The van der Waals surface area contributed by atoms with Crippen LogP contribution in [0.4, 0.5) is 22.4 Å². The number of carbonyl (C=O) groups excluding carboxylic acids is 3. The number of alkyl halides is 3. The molecule has 0 unspecified atom stereocenters. The molecule has 0 radical (unpaired) electrons. The van der Waals surface area contributed by atoms with Crippen molar-refractivity contribution >= 4 is 27.9 Å². The summed E-state index contributed by atoms with van der Waals surface area (Å²) in [5, 5.41) is 1.43. The summed E-state index contributed by atoms with van der Waals surface area (Å²) in [6, 6.07) is 1.04. The number of amides is 3. The van der Waals surface area contributed by atoms with Crippen molar-refractivity contribution in [1.82, 2.24) is 19.7 Å². The Balaban J connectivity index is 1.73. The molecule has 182 valence electrons. The maximum atomic E-state index is 12.9. The lowest BCUT2D eigenvalue weighted by Gasteiger charge is -2.32. The number of imide groups is 1. The second kappa shape index (κ2) is 9.03. The van der Waals surface area contributed by atoms with Gasteiger partial charge in [-0.3, -0.25) is 10.1 Å². The zero-order valence-corrected chi connectivity index (χ0v) is 18.2. The van der Waals surface area contributed by atoms with Crippen LogP contribution >= 0.6 is 0 Å². The van der Waals surface area contributed by atoms with Crippen LogP contribution in [-0.2, 0) is 24.4 Å². The Labute approximate surface area is 190 Å². The van der Waals surface area contributed by atoms with Gasteiger partial charge in [0.05, 0.1) is 0 Å². The summed E-state index contributed by atoms with van der Waals surface area (Å²) in [7, 11) is -4.32. The van der Waals surface area contributed by atoms with Crippen LogP contribution in [0.25, 0.3) is 0 Å². The molecule has 1 fully saturated rings. The van der Waals surface area contributed by atoms with Crippen molar-refractivity contribution in [3.8, 4) is 11.8 Å². The number of carbonyl (C=O) groups is 3. The first-order valence-electron chi connectivity index (χ1n) is 9.47. The number of hydroxylamine groups is 2. The number of hydrogen-bond donors (Lipinski definition) is 1. The number of nitrogens with zero attached hydrogens (tertiary/aromatic N) is 3. The first-order chi connectivity index (χ1) is 15.7. The lowest BCUT2D eigenvalue weighted by molar-refractivity contribution is -0.235. The van der Waals surface area contributed by atoms with Gasteiger partial charge in [-0.15, -0.1) is 5.06 Å². The quantitative estimate of drug-likeness (QED) is 0.279. The van der Waals surface area contributed by atoms with Gasteiger partial charge in [-0.1, -0.05) is 17.9 Å². The Morgan fingerprint density at radius 3 is 2.56 bits per heavy atom. The summed E-state index contributed by atoms with van der Waals surface area (Å²) in [6.07, 6.45) is -2.58. The molecule has 1 aromatic heterocycles. The molecule has 1 atom stereocenters. The van der Waals surface area contributed by atoms with Crippen LogP contribution in [0, 0.1) is 17.8 Å². The highest BCUT2D eigenvalue weighted by Gasteiger charge is 2.57. The molecule has 1 N–H and O–H groups in total. The number of halogens is 4. The van der Waals surface area contributed by atoms with Crippen LogP contribution in [-0.4, -0.2) is 71.2 Å². The molecule has 3 rings (SSSR count). The molecule has 2 aliphatic rings. The van der Waals surface area contributed by atoms with E-state index >= 15 is 0 Å². The Morgan fingerprint density at radius 2 is 2.00 bits per heavy atom. The van der Waals surface area contributed by atoms with Crippen molar-refractivity contribution in [2.24, 2.45) is 0 Å². The fraction of sp³-hybridized carbons (Fsp3) is 0.368. The normalized spacial score (nSPS) is 21.4. The smallest absolute Gasteiger partial charge is 0.327 e. The van der Waals surface area contributed by atoms with E-state index in [2.05, 4.69) is 21.7 Å². The molecule has 3 amide bonds. The van der Waals surface area contributed by atoms with Crippen molar-refractivity contribution < 1.29 is 45.2 Å². The van der Waals surface area contributed by atoms with Crippen molar-refractivity contribution in [3.05, 3.63) is 41.5 Å². The third-order valence-corrected chi connectivity index (χ3v) is 6.92. The van der Waals surface area contributed by atoms with E-state index in [1.807, 2.05) is 0 Å². The van der Waals surface area contributed by atoms with Crippen molar-refractivity contribution in [2.45, 2.75) is 25.1 Å². The molecule has 2 aliphatic heterocycles. The predicted molar refractivity (Wildman–Crippen MR) is 105 cm³/mol. The van der Waals surface area contributed by atoms with E-state index in [1.54, 1.807) is 5.32 Å². The van der Waals surface area contributed by atoms with E-state index in [9.17, 15) is 40.4 Å². The summed E-state index contributed by atoms with van der Waals surface area (Å²) in [4.78, 5) is 42.7. The lowest BCUT2D eigenvalue weighted by atomic mass is 10.1. The van der Waals surface area contributed by atoms with Crippen molar-refractivity contribution in [1.29, 1.82) is 0 Å². The Morgan fingerprint density at radius 1 is 1.29 bits per heavy atom. The molecular weight excluding hydrogens is 488 g/mol. The van der Waals surface area contributed by atoms with Gasteiger partial charge in [-0.25, -0.2) is 23.0 Å². The number of rotatable bonds is 4. The number of nitrogens with one attached hydrogen (secondary N) is 1. The Kier molecular flexibility index (Phi) is 6.67. The molecule has 0 aliphatic carbocycles. The second-order valence-electron chi connectivity index (χ2n) is 7.42. The van der Waals surface area contributed by atoms with Crippen LogP contribution in [0.3, 0.4) is 0 Å². The highest BCUT2D eigenvalue weighted by atomic mass is 32.2. The largest absolute Gasteiger partial charge is 0.493 e. The highest BCUT2D eigenvalue weighted by Crippen LogP contribution is 2.28. The first-order valence-corrected chi connectivity index (χ1v) is 11.1. The average molecular weight is 504 g/mol. The average Bonchev–Trinajstić information content (AvgIpc) is 2.95. The summed E-state index contributed by atoms with van der Waals surface area (Å²) in [6.45, 7) is 0.627. The second-order valence-corrected chi connectivity index (χ2v) is 9.39. The van der Waals surface area contributed by atoms with E-state index < -0.39 is 51.3 Å². The molecule has 3 heterocycles. The standard InChI is InChI=1S/C19H16F4N4O6S/c1-18(15(28)25-17(30)27(18)33-16(29)19(21,22)23)11-34(31,32)26-8-6-12(7-9-26)2-3-13-4-5-14(20)24-10-13/h4-6,10H,7-9,11H2,1H3,(H,25,28,30)/t18-/m1/s1. The minimum absolute atomic E-state index is 0.0709. The zero-order chi connectivity index (χ0) is 25.3. The van der Waals surface area contributed by atoms with Gasteiger partial charge < -0.3 is 4.84 Å². The van der Waals surface area contributed by atoms with E-state index in [4.69, 9.17) is 0 Å². The molecule has 10 nitrogen and oxygen atoms in total. The van der Waals surface area contributed by atoms with Crippen LogP contribution in [0.15, 0.2) is 30.0 Å². The summed E-state index contributed by atoms with van der Waals surface area (Å²) in [5.74, 6) is -0.277. The SMILES string of the molecule is C[C@@]1(CS(=O)(=O)N2CC=C(C#Cc3ccc(F)nc3)CC2)C(=O)NC(=O)N1OC(=O)C(F)(F)F. The van der Waals surface area contributed by atoms with Crippen LogP contribution in [0.2, 0.25) is 0 Å². The minimum Gasteiger partial charge on any atom is -0.327 e. The van der Waals surface area contributed by atoms with Gasteiger partial charge in [0.2, 0.25) is 16.0 Å². The fourth-order valence-corrected chi connectivity index (χ4v) is 4.88. The molecule has 0 bridgehead atoms. The summed E-state index contributed by atoms with van der Waals surface area (Å²) < 4.78 is 77.2. The molecule has 0 aromatic carbocycles. The number of hydrogen-bond acceptors (Lipinski definition) is 7. The zero-order valence-electron chi connectivity index (χ0n) is 17.3. The number of pyridine rings is 1. The summed E-state index contributed by atoms with van der Waals surface area (Å²) in [5.41, 5.74) is -1.41. The predicted octanol–water partition coefficient (Wildman–Crippen LogP) is 0.865. The van der Waals surface area contributed by atoms with Gasteiger partial charge in [-0.05, 0) is 25.5 Å². The van der Waals surface area contributed by atoms with Gasteiger partial charge in [0.1, 0.15) is 5.75 Å². The summed E-state index contributed by atoms with van der Waals surface area (Å²) >= 11 is 0. The maximum absolute atomic E-state index is 12.9. The number of sulfonamides is 1. The van der Waals surface area contributed by atoms with Crippen molar-refractivity contribution in [3.63, 3.8) is 0 Å². The lowest BCUT2D eigenvalue weighted by Crippen LogP contribution is -2.55. The molecule has 1 saturated heterocycles. The monoisotopic (exact) mass is 504 g/mol. The molecule has 0 spiro atoms. The van der Waals surface area contributed by atoms with Gasteiger partial charge >= 0.3 is 18.2 Å². The van der Waals surface area contributed by atoms with Crippen LogP contribution in [0.5, 0.6) is 0 Å². The van der Waals surface area contributed by atoms with Gasteiger partial charge in [0.15, 0.2) is 5.54 Å². The van der Waals surface area contributed by atoms with Gasteiger partial charge in [0, 0.05) is 30.4 Å². The maximum Gasteiger partial charge on any atom is 0.493 e. The van der Waals surface area contributed by atoms with E-state index in [-0.39, 0.29) is 24.6 Å². The topological polar surface area (TPSA) is 126 Å². The van der Waals surface area contributed by atoms with Gasteiger partial charge in [-0.2, -0.15) is 21.9 Å². The third kappa shape index (κ3) is 5.34. The van der Waals surface area contributed by atoms with E-state index in [1.165, 1.54) is 18.3 Å². The minimum atomic E-state index is -5.48. The molecular formula is C19H16F4N4O6S. The molecule has 34 heavy (non-hydrogen) atoms. The molecule has 1 aromatic rings. The Bertz CT molecular complexity index is 1220. The van der Waals surface area contributed by atoms with Gasteiger partial charge in [0.25, 0.3) is 5.91 Å². The number of urea groups is 1. The Hall–Kier alpha value is -3.51. The fourth-order valence-electron chi connectivity index (χ4n) is 3.07. The molecule has 0 saturated carbocycles. The van der Waals surface area contributed by atoms with E-state index in [0.29, 0.717) is 11.1 Å². The van der Waals surface area contributed by atoms with E-state index in [0.717, 1.165) is 17.3 Å². The highest BCUT2D eigenvalue weighted by molar-refractivity contribution is 7.89. The molecule has 15 heteroatoms. The van der Waals surface area contributed by atoms with Crippen LogP contribution in [0.1, 0.15) is 18.9 Å². The first kappa shape index (κ1) is 25.1. The third-order valence-electron chi connectivity index (χ3n) is 4.87.